The molecule has 2 unspecified atom stereocenters. The van der Waals surface area contributed by atoms with Crippen molar-refractivity contribution >= 4 is 46.9 Å². The number of carbonyl (C=O) groups excluding carboxylic acids is 6. The van der Waals surface area contributed by atoms with Gasteiger partial charge in [-0.1, -0.05) is 38.1 Å². The van der Waals surface area contributed by atoms with Gasteiger partial charge >= 0.3 is 11.9 Å². The molecule has 7 rings (SSSR count). The highest BCUT2D eigenvalue weighted by Crippen LogP contribution is 2.58. The van der Waals surface area contributed by atoms with Gasteiger partial charge < -0.3 is 9.47 Å². The molecule has 0 spiro atoms. The zero-order valence-electron chi connectivity index (χ0n) is 21.8. The van der Waals surface area contributed by atoms with Crippen molar-refractivity contribution in [1.82, 2.24) is 0 Å². The molecule has 4 amide bonds. The lowest BCUT2D eigenvalue weighted by molar-refractivity contribution is -0.137. The molecule has 204 valence electrons. The van der Waals surface area contributed by atoms with Crippen LogP contribution < -0.4 is 19.3 Å². The van der Waals surface area contributed by atoms with Crippen LogP contribution in [0.2, 0.25) is 0 Å². The number of esters is 2. The molecule has 6 atom stereocenters. The summed E-state index contributed by atoms with van der Waals surface area (Å²) < 4.78 is 10.5. The Morgan fingerprint density at radius 3 is 1.30 bits per heavy atom. The number of hydrogen-bond acceptors (Lipinski definition) is 8. The van der Waals surface area contributed by atoms with Crippen molar-refractivity contribution in [2.45, 2.75) is 26.7 Å². The van der Waals surface area contributed by atoms with Gasteiger partial charge in [0.1, 0.15) is 11.5 Å². The van der Waals surface area contributed by atoms with Crippen molar-refractivity contribution in [1.29, 1.82) is 0 Å². The lowest BCUT2D eigenvalue weighted by Gasteiger charge is -2.44. The topological polar surface area (TPSA) is 127 Å². The van der Waals surface area contributed by atoms with Crippen LogP contribution in [0.1, 0.15) is 26.7 Å². The van der Waals surface area contributed by atoms with Crippen molar-refractivity contribution in [3.8, 4) is 11.5 Å². The maximum absolute atomic E-state index is 13.7. The molecular formula is C30H26N2O8. The molecule has 2 heterocycles. The zero-order valence-corrected chi connectivity index (χ0v) is 21.8. The van der Waals surface area contributed by atoms with E-state index in [1.165, 1.54) is 12.1 Å². The molecule has 3 fully saturated rings. The molecule has 40 heavy (non-hydrogen) atoms. The average molecular weight is 543 g/mol. The average Bonchev–Trinajstić information content (AvgIpc) is 3.40. The van der Waals surface area contributed by atoms with Gasteiger partial charge in [0.05, 0.1) is 35.0 Å². The van der Waals surface area contributed by atoms with Crippen LogP contribution in [0, 0.1) is 35.5 Å². The van der Waals surface area contributed by atoms with Gasteiger partial charge in [-0.2, -0.15) is 0 Å². The molecule has 5 aliphatic rings. The molecule has 0 radical (unpaired) electrons. The van der Waals surface area contributed by atoms with E-state index in [1.807, 2.05) is 0 Å². The number of hydrogen-bond donors (Lipinski definition) is 0. The number of benzene rings is 2. The summed E-state index contributed by atoms with van der Waals surface area (Å²) in [6.45, 7) is 3.32. The largest absolute Gasteiger partial charge is 0.426 e. The van der Waals surface area contributed by atoms with E-state index in [1.54, 1.807) is 62.4 Å². The van der Waals surface area contributed by atoms with Crippen molar-refractivity contribution in [2.24, 2.45) is 35.5 Å². The summed E-state index contributed by atoms with van der Waals surface area (Å²) in [7, 11) is 0. The van der Waals surface area contributed by atoms with E-state index in [4.69, 9.17) is 9.47 Å². The van der Waals surface area contributed by atoms with Crippen LogP contribution in [0.25, 0.3) is 0 Å². The van der Waals surface area contributed by atoms with E-state index in [2.05, 4.69) is 0 Å². The second-order valence-electron chi connectivity index (χ2n) is 10.3. The van der Waals surface area contributed by atoms with Crippen LogP contribution in [0.3, 0.4) is 0 Å². The Labute approximate surface area is 229 Å². The van der Waals surface area contributed by atoms with Crippen LogP contribution in [-0.4, -0.2) is 35.6 Å². The minimum atomic E-state index is -0.792. The highest BCUT2D eigenvalue weighted by molar-refractivity contribution is 6.26. The standard InChI is InChI=1S/C30H26N2O8/c1-3-21(33)39-17-9-5-7-15(13-17)31-27(35)23-19-11-12-20(24(23)28(31)36)26-25(19)29(37)32(30(26)38)16-8-6-10-18(14-16)40-22(34)4-2/h5-14,19-20,23-26H,3-4H2,1-2H3/t19?,20?,23-,24-,25-,26+/m0/s1. The molecular weight excluding hydrogens is 516 g/mol. The lowest BCUT2D eigenvalue weighted by atomic mass is 9.54. The maximum atomic E-state index is 13.7. The summed E-state index contributed by atoms with van der Waals surface area (Å²) in [6.07, 6.45) is 3.91. The van der Waals surface area contributed by atoms with Gasteiger partial charge in [0.2, 0.25) is 23.6 Å². The third-order valence-electron chi connectivity index (χ3n) is 8.20. The van der Waals surface area contributed by atoms with Gasteiger partial charge in [0.25, 0.3) is 0 Å². The predicted molar refractivity (Wildman–Crippen MR) is 140 cm³/mol. The first-order chi connectivity index (χ1) is 19.2. The summed E-state index contributed by atoms with van der Waals surface area (Å²) in [5, 5.41) is 0. The maximum Gasteiger partial charge on any atom is 0.310 e. The normalized spacial score (nSPS) is 28.1. The molecule has 2 aromatic rings. The number of anilines is 2. The fraction of sp³-hybridized carbons (Fsp3) is 0.333. The Balaban J connectivity index is 1.31. The van der Waals surface area contributed by atoms with E-state index in [0.717, 1.165) is 9.80 Å². The van der Waals surface area contributed by atoms with E-state index in [0.29, 0.717) is 0 Å². The molecule has 2 bridgehead atoms. The van der Waals surface area contributed by atoms with Gasteiger partial charge in [-0.3, -0.25) is 28.8 Å². The lowest BCUT2D eigenvalue weighted by Crippen LogP contribution is -2.50. The molecule has 2 saturated heterocycles. The second-order valence-corrected chi connectivity index (χ2v) is 10.3. The van der Waals surface area contributed by atoms with Crippen molar-refractivity contribution in [3.63, 3.8) is 0 Å². The second kappa shape index (κ2) is 9.55. The Morgan fingerprint density at radius 1 is 0.625 bits per heavy atom. The van der Waals surface area contributed by atoms with Crippen LogP contribution in [-0.2, 0) is 28.8 Å². The fourth-order valence-electron chi connectivity index (χ4n) is 6.51. The van der Waals surface area contributed by atoms with Gasteiger partial charge in [-0.15, -0.1) is 0 Å². The molecule has 10 nitrogen and oxygen atoms in total. The first kappa shape index (κ1) is 25.7. The van der Waals surface area contributed by atoms with Crippen molar-refractivity contribution in [3.05, 3.63) is 60.7 Å². The van der Waals surface area contributed by atoms with Gasteiger partial charge in [0.15, 0.2) is 0 Å². The minimum absolute atomic E-state index is 0.168. The highest BCUT2D eigenvalue weighted by atomic mass is 16.5. The number of amides is 4. The monoisotopic (exact) mass is 542 g/mol. The minimum Gasteiger partial charge on any atom is -0.426 e. The van der Waals surface area contributed by atoms with Gasteiger partial charge in [-0.05, 0) is 24.3 Å². The third-order valence-corrected chi connectivity index (χ3v) is 8.20. The molecule has 1 saturated carbocycles. The van der Waals surface area contributed by atoms with Crippen molar-refractivity contribution < 1.29 is 38.2 Å². The SMILES string of the molecule is CCC(=O)Oc1cccc(N2C(=O)[C@@H]3C4C=CC([C@@H]3C2=O)[C@@H]2C(=O)N(c3cccc(OC(=O)CC)c3)C(=O)[C@@H]42)c1. The summed E-state index contributed by atoms with van der Waals surface area (Å²) >= 11 is 0. The third kappa shape index (κ3) is 3.77. The van der Waals surface area contributed by atoms with E-state index < -0.39 is 71.1 Å². The van der Waals surface area contributed by atoms with E-state index >= 15 is 0 Å². The molecule has 2 aliphatic heterocycles. The molecule has 3 aliphatic carbocycles. The van der Waals surface area contributed by atoms with Crippen LogP contribution in [0.5, 0.6) is 11.5 Å². The summed E-state index contributed by atoms with van der Waals surface area (Å²) in [4.78, 5) is 80.6. The van der Waals surface area contributed by atoms with Crippen LogP contribution >= 0.6 is 0 Å². The molecule has 10 heteroatoms. The number of carbonyl (C=O) groups is 6. The van der Waals surface area contributed by atoms with Crippen molar-refractivity contribution in [2.75, 3.05) is 9.80 Å². The molecule has 0 aromatic heterocycles. The van der Waals surface area contributed by atoms with Crippen LogP contribution in [0.15, 0.2) is 60.7 Å². The zero-order chi connectivity index (χ0) is 28.3. The number of rotatable bonds is 6. The fourth-order valence-corrected chi connectivity index (χ4v) is 6.51. The summed E-state index contributed by atoms with van der Waals surface area (Å²) in [5.74, 6) is -6.69. The Hall–Kier alpha value is -4.60. The first-order valence-electron chi connectivity index (χ1n) is 13.3. The number of ether oxygens (including phenoxy) is 2. The van der Waals surface area contributed by atoms with Gasteiger partial charge in [0, 0.05) is 36.8 Å². The van der Waals surface area contributed by atoms with E-state index in [9.17, 15) is 28.8 Å². The van der Waals surface area contributed by atoms with E-state index in [-0.39, 0.29) is 35.7 Å². The first-order valence-corrected chi connectivity index (χ1v) is 13.3. The summed E-state index contributed by atoms with van der Waals surface area (Å²) in [5.41, 5.74) is 0.543. The Morgan fingerprint density at radius 2 is 0.975 bits per heavy atom. The quantitative estimate of drug-likeness (QED) is 0.236. The predicted octanol–water partition coefficient (Wildman–Crippen LogP) is 3.04. The number of imide groups is 2. The number of nitrogens with zero attached hydrogens (tertiary/aromatic N) is 2. The number of allylic oxidation sites excluding steroid dienone is 2. The Kier molecular flexibility index (Phi) is 6.13. The van der Waals surface area contributed by atoms with Crippen LogP contribution in [0.4, 0.5) is 11.4 Å². The highest BCUT2D eigenvalue weighted by Gasteiger charge is 2.68. The molecule has 0 N–H and O–H groups in total. The smallest absolute Gasteiger partial charge is 0.310 e. The Bertz CT molecular complexity index is 1360. The molecule has 2 aromatic carbocycles. The summed E-state index contributed by atoms with van der Waals surface area (Å²) in [6, 6.07) is 12.4. The van der Waals surface area contributed by atoms with Gasteiger partial charge in [-0.25, -0.2) is 9.80 Å².